The van der Waals surface area contributed by atoms with E-state index >= 15 is 0 Å². The van der Waals surface area contributed by atoms with Crippen molar-refractivity contribution in [2.45, 2.75) is 31.6 Å². The molecule has 1 aliphatic heterocycles. The first-order valence-electron chi connectivity index (χ1n) is 11.2. The molecule has 1 unspecified atom stereocenters. The standard InChI is InChI=1S/C26H27N3O4S/c1-3-19-6-4-5-7-24(19)29-17-20(16-25(29)30)26(31)27-21-12-14-23(15-13-21)34(32,33)28-22-10-8-18(2)9-11-22/h4-15,20,28H,3,16-17H2,1-2H3,(H,27,31). The van der Waals surface area contributed by atoms with Gasteiger partial charge in [-0.05, 0) is 61.4 Å². The Balaban J connectivity index is 1.41. The van der Waals surface area contributed by atoms with Crippen LogP contribution in [0, 0.1) is 12.8 Å². The smallest absolute Gasteiger partial charge is 0.261 e. The Labute approximate surface area is 199 Å². The zero-order valence-corrected chi connectivity index (χ0v) is 19.9. The largest absolute Gasteiger partial charge is 0.326 e. The summed E-state index contributed by atoms with van der Waals surface area (Å²) in [5.74, 6) is -0.827. The van der Waals surface area contributed by atoms with Gasteiger partial charge in [0, 0.05) is 30.0 Å². The molecule has 0 saturated carbocycles. The number of para-hydroxylation sites is 1. The molecule has 0 bridgehead atoms. The van der Waals surface area contributed by atoms with Crippen LogP contribution in [0.25, 0.3) is 0 Å². The Hall–Kier alpha value is -3.65. The van der Waals surface area contributed by atoms with Crippen LogP contribution < -0.4 is 14.9 Å². The van der Waals surface area contributed by atoms with E-state index < -0.39 is 15.9 Å². The Kier molecular flexibility index (Phi) is 6.70. The van der Waals surface area contributed by atoms with E-state index in [-0.39, 0.29) is 23.1 Å². The van der Waals surface area contributed by atoms with Gasteiger partial charge in [-0.1, -0.05) is 42.8 Å². The summed E-state index contributed by atoms with van der Waals surface area (Å²) in [5.41, 5.74) is 3.89. The quantitative estimate of drug-likeness (QED) is 0.529. The third kappa shape index (κ3) is 5.12. The Morgan fingerprint density at radius 2 is 1.62 bits per heavy atom. The van der Waals surface area contributed by atoms with Crippen molar-refractivity contribution in [3.63, 3.8) is 0 Å². The van der Waals surface area contributed by atoms with Crippen molar-refractivity contribution in [2.75, 3.05) is 21.5 Å². The number of sulfonamides is 1. The minimum absolute atomic E-state index is 0.0790. The number of nitrogens with one attached hydrogen (secondary N) is 2. The monoisotopic (exact) mass is 477 g/mol. The molecule has 7 nitrogen and oxygen atoms in total. The molecule has 2 amide bonds. The molecular weight excluding hydrogens is 450 g/mol. The number of nitrogens with zero attached hydrogens (tertiary/aromatic N) is 1. The molecule has 1 atom stereocenters. The van der Waals surface area contributed by atoms with Crippen LogP contribution in [-0.4, -0.2) is 26.8 Å². The highest BCUT2D eigenvalue weighted by molar-refractivity contribution is 7.92. The maximum absolute atomic E-state index is 12.8. The van der Waals surface area contributed by atoms with Gasteiger partial charge in [0.15, 0.2) is 0 Å². The number of benzene rings is 3. The van der Waals surface area contributed by atoms with Gasteiger partial charge in [0.2, 0.25) is 11.8 Å². The second-order valence-electron chi connectivity index (χ2n) is 8.37. The molecule has 0 radical (unpaired) electrons. The summed E-state index contributed by atoms with van der Waals surface area (Å²) in [7, 11) is -3.75. The number of hydrogen-bond acceptors (Lipinski definition) is 4. The molecule has 176 valence electrons. The molecule has 1 saturated heterocycles. The Morgan fingerprint density at radius 1 is 0.971 bits per heavy atom. The molecule has 1 fully saturated rings. The van der Waals surface area contributed by atoms with Gasteiger partial charge in [0.1, 0.15) is 0 Å². The van der Waals surface area contributed by atoms with E-state index in [4.69, 9.17) is 0 Å². The van der Waals surface area contributed by atoms with E-state index in [1.54, 1.807) is 29.2 Å². The summed E-state index contributed by atoms with van der Waals surface area (Å²) in [6.45, 7) is 4.27. The Morgan fingerprint density at radius 3 is 2.29 bits per heavy atom. The van der Waals surface area contributed by atoms with Gasteiger partial charge in [0.25, 0.3) is 10.0 Å². The van der Waals surface area contributed by atoms with Gasteiger partial charge in [-0.15, -0.1) is 0 Å². The van der Waals surface area contributed by atoms with Crippen molar-refractivity contribution < 1.29 is 18.0 Å². The van der Waals surface area contributed by atoms with E-state index in [1.165, 1.54) is 12.1 Å². The molecule has 2 N–H and O–H groups in total. The van der Waals surface area contributed by atoms with Crippen LogP contribution in [0.2, 0.25) is 0 Å². The predicted molar refractivity (Wildman–Crippen MR) is 133 cm³/mol. The zero-order valence-electron chi connectivity index (χ0n) is 19.1. The molecule has 1 aliphatic rings. The summed E-state index contributed by atoms with van der Waals surface area (Å²) in [6.07, 6.45) is 0.932. The van der Waals surface area contributed by atoms with Crippen LogP contribution in [0.5, 0.6) is 0 Å². The lowest BCUT2D eigenvalue weighted by atomic mass is 10.1. The first kappa shape index (κ1) is 23.5. The van der Waals surface area contributed by atoms with Crippen LogP contribution in [0.1, 0.15) is 24.5 Å². The fourth-order valence-corrected chi connectivity index (χ4v) is 5.05. The molecule has 4 rings (SSSR count). The number of amides is 2. The molecule has 3 aromatic rings. The summed E-state index contributed by atoms with van der Waals surface area (Å²) in [5, 5.41) is 2.81. The van der Waals surface area contributed by atoms with Crippen LogP contribution in [0.15, 0.2) is 77.7 Å². The van der Waals surface area contributed by atoms with Gasteiger partial charge in [-0.3, -0.25) is 14.3 Å². The Bertz CT molecular complexity index is 1300. The number of carbonyl (C=O) groups excluding carboxylic acids is 2. The minimum atomic E-state index is -3.75. The normalized spacial score (nSPS) is 15.9. The lowest BCUT2D eigenvalue weighted by Gasteiger charge is -2.20. The number of aryl methyl sites for hydroxylation is 2. The van der Waals surface area contributed by atoms with Crippen molar-refractivity contribution in [2.24, 2.45) is 5.92 Å². The van der Waals surface area contributed by atoms with Gasteiger partial charge in [-0.25, -0.2) is 8.42 Å². The molecule has 0 aromatic heterocycles. The van der Waals surface area contributed by atoms with Crippen LogP contribution in [-0.2, 0) is 26.0 Å². The van der Waals surface area contributed by atoms with E-state index in [1.807, 2.05) is 50.2 Å². The van der Waals surface area contributed by atoms with Gasteiger partial charge >= 0.3 is 0 Å². The van der Waals surface area contributed by atoms with Gasteiger partial charge in [-0.2, -0.15) is 0 Å². The fraction of sp³-hybridized carbons (Fsp3) is 0.231. The topological polar surface area (TPSA) is 95.6 Å². The summed E-state index contributed by atoms with van der Waals surface area (Å²) in [4.78, 5) is 27.2. The second kappa shape index (κ2) is 9.69. The van der Waals surface area contributed by atoms with E-state index in [0.29, 0.717) is 17.9 Å². The van der Waals surface area contributed by atoms with E-state index in [2.05, 4.69) is 10.0 Å². The SMILES string of the molecule is CCc1ccccc1N1CC(C(=O)Nc2ccc(S(=O)(=O)Nc3ccc(C)cc3)cc2)CC1=O. The average molecular weight is 478 g/mol. The highest BCUT2D eigenvalue weighted by atomic mass is 32.2. The molecule has 8 heteroatoms. The molecule has 34 heavy (non-hydrogen) atoms. The minimum Gasteiger partial charge on any atom is -0.326 e. The summed E-state index contributed by atoms with van der Waals surface area (Å²) >= 11 is 0. The lowest BCUT2D eigenvalue weighted by molar-refractivity contribution is -0.122. The maximum Gasteiger partial charge on any atom is 0.261 e. The number of anilines is 3. The summed E-state index contributed by atoms with van der Waals surface area (Å²) < 4.78 is 27.8. The highest BCUT2D eigenvalue weighted by Crippen LogP contribution is 2.29. The van der Waals surface area contributed by atoms with E-state index in [0.717, 1.165) is 23.2 Å². The van der Waals surface area contributed by atoms with Gasteiger partial charge < -0.3 is 10.2 Å². The number of hydrogen-bond donors (Lipinski definition) is 2. The maximum atomic E-state index is 12.8. The lowest BCUT2D eigenvalue weighted by Crippen LogP contribution is -2.28. The summed E-state index contributed by atoms with van der Waals surface area (Å²) in [6, 6.07) is 20.7. The third-order valence-corrected chi connectivity index (χ3v) is 7.29. The van der Waals surface area contributed by atoms with Crippen LogP contribution in [0.4, 0.5) is 17.1 Å². The van der Waals surface area contributed by atoms with Crippen molar-refractivity contribution >= 4 is 38.9 Å². The van der Waals surface area contributed by atoms with Crippen molar-refractivity contribution in [1.29, 1.82) is 0 Å². The first-order chi connectivity index (χ1) is 16.3. The fourth-order valence-electron chi connectivity index (χ4n) is 3.99. The van der Waals surface area contributed by atoms with E-state index in [9.17, 15) is 18.0 Å². The zero-order chi connectivity index (χ0) is 24.3. The molecule has 0 aliphatic carbocycles. The third-order valence-electron chi connectivity index (χ3n) is 5.90. The highest BCUT2D eigenvalue weighted by Gasteiger charge is 2.35. The first-order valence-corrected chi connectivity index (χ1v) is 12.6. The molecule has 1 heterocycles. The molecular formula is C26H27N3O4S. The number of rotatable bonds is 7. The number of carbonyl (C=O) groups is 2. The van der Waals surface area contributed by atoms with Crippen LogP contribution in [0.3, 0.4) is 0 Å². The van der Waals surface area contributed by atoms with Crippen LogP contribution >= 0.6 is 0 Å². The van der Waals surface area contributed by atoms with Crippen molar-refractivity contribution in [3.05, 3.63) is 83.9 Å². The average Bonchev–Trinajstić information content (AvgIpc) is 3.22. The molecule has 0 spiro atoms. The predicted octanol–water partition coefficient (Wildman–Crippen LogP) is 4.35. The van der Waals surface area contributed by atoms with Crippen molar-refractivity contribution in [3.8, 4) is 0 Å². The van der Waals surface area contributed by atoms with Gasteiger partial charge in [0.05, 0.1) is 10.8 Å². The molecule has 3 aromatic carbocycles. The second-order valence-corrected chi connectivity index (χ2v) is 10.1. The van der Waals surface area contributed by atoms with Crippen molar-refractivity contribution in [1.82, 2.24) is 0 Å².